The number of para-hydroxylation sites is 1. The fourth-order valence-electron chi connectivity index (χ4n) is 4.47. The lowest BCUT2D eigenvalue weighted by Gasteiger charge is -2.34. The van der Waals surface area contributed by atoms with Crippen LogP contribution in [0.15, 0.2) is 60.7 Å². The van der Waals surface area contributed by atoms with Crippen LogP contribution in [-0.4, -0.2) is 34.8 Å². The molecule has 30 heavy (non-hydrogen) atoms. The number of hydrogen-bond donors (Lipinski definition) is 1. The van der Waals surface area contributed by atoms with E-state index in [1.165, 1.54) is 0 Å². The Kier molecular flexibility index (Phi) is 5.79. The van der Waals surface area contributed by atoms with E-state index in [1.54, 1.807) is 0 Å². The van der Waals surface area contributed by atoms with Crippen molar-refractivity contribution in [3.63, 3.8) is 0 Å². The Morgan fingerprint density at radius 1 is 1.07 bits per heavy atom. The second-order valence-corrected chi connectivity index (χ2v) is 7.95. The molecule has 0 radical (unpaired) electrons. The molecule has 0 spiro atoms. The van der Waals surface area contributed by atoms with E-state index >= 15 is 0 Å². The van der Waals surface area contributed by atoms with Gasteiger partial charge in [0, 0.05) is 24.4 Å². The summed E-state index contributed by atoms with van der Waals surface area (Å²) in [6, 6.07) is 19.6. The smallest absolute Gasteiger partial charge is 0.250 e. The third-order valence-electron chi connectivity index (χ3n) is 6.12. The second-order valence-electron chi connectivity index (χ2n) is 7.95. The Morgan fingerprint density at radius 3 is 2.40 bits per heavy atom. The molecule has 3 aromatic rings. The third kappa shape index (κ3) is 3.92. The maximum atomic E-state index is 13.2. The molecular formula is C25H27N3O2. The van der Waals surface area contributed by atoms with Gasteiger partial charge in [0.2, 0.25) is 5.91 Å². The van der Waals surface area contributed by atoms with E-state index in [4.69, 9.17) is 10.7 Å². The van der Waals surface area contributed by atoms with Gasteiger partial charge in [-0.2, -0.15) is 0 Å². The molecule has 2 amide bonds. The van der Waals surface area contributed by atoms with Gasteiger partial charge >= 0.3 is 0 Å². The van der Waals surface area contributed by atoms with E-state index in [9.17, 15) is 9.59 Å². The number of rotatable bonds is 5. The Hall–Kier alpha value is -3.21. The molecule has 0 bridgehead atoms. The fourth-order valence-corrected chi connectivity index (χ4v) is 4.47. The average Bonchev–Trinajstić information content (AvgIpc) is 2.79. The monoisotopic (exact) mass is 401 g/mol. The van der Waals surface area contributed by atoms with Crippen LogP contribution in [0.3, 0.4) is 0 Å². The highest BCUT2D eigenvalue weighted by atomic mass is 16.2. The van der Waals surface area contributed by atoms with E-state index in [2.05, 4.69) is 6.92 Å². The maximum Gasteiger partial charge on any atom is 0.250 e. The molecule has 1 atom stereocenters. The second kappa shape index (κ2) is 8.66. The zero-order chi connectivity index (χ0) is 21.1. The predicted molar refractivity (Wildman–Crippen MR) is 118 cm³/mol. The van der Waals surface area contributed by atoms with Gasteiger partial charge in [0.25, 0.3) is 5.91 Å². The van der Waals surface area contributed by atoms with Crippen molar-refractivity contribution >= 4 is 22.7 Å². The number of nitrogens with two attached hydrogens (primary N) is 1. The molecule has 154 valence electrons. The molecular weight excluding hydrogens is 374 g/mol. The molecule has 1 aliphatic rings. The highest BCUT2D eigenvalue weighted by Gasteiger charge is 2.30. The first-order valence-corrected chi connectivity index (χ1v) is 10.6. The molecule has 1 fully saturated rings. The molecule has 1 unspecified atom stereocenters. The largest absolute Gasteiger partial charge is 0.366 e. The van der Waals surface area contributed by atoms with Crippen LogP contribution in [0.4, 0.5) is 0 Å². The number of hydrogen-bond acceptors (Lipinski definition) is 3. The normalized spacial score (nSPS) is 15.8. The first kappa shape index (κ1) is 20.1. The van der Waals surface area contributed by atoms with Gasteiger partial charge in [-0.05, 0) is 37.0 Å². The number of pyridine rings is 1. The predicted octanol–water partition coefficient (Wildman–Crippen LogP) is 4.23. The van der Waals surface area contributed by atoms with Crippen LogP contribution in [0.1, 0.15) is 59.6 Å². The van der Waals surface area contributed by atoms with E-state index in [-0.39, 0.29) is 17.7 Å². The molecule has 1 saturated heterocycles. The van der Waals surface area contributed by atoms with Crippen LogP contribution in [0, 0.1) is 0 Å². The Bertz CT molecular complexity index is 1060. The molecule has 1 aliphatic heterocycles. The van der Waals surface area contributed by atoms with E-state index in [1.807, 2.05) is 65.6 Å². The molecule has 4 rings (SSSR count). The number of nitrogens with zero attached hydrogens (tertiary/aromatic N) is 2. The van der Waals surface area contributed by atoms with Crippen LogP contribution in [0.25, 0.3) is 10.9 Å². The van der Waals surface area contributed by atoms with Gasteiger partial charge in [-0.25, -0.2) is 0 Å². The quantitative estimate of drug-likeness (QED) is 0.695. The van der Waals surface area contributed by atoms with Gasteiger partial charge < -0.3 is 10.6 Å². The summed E-state index contributed by atoms with van der Waals surface area (Å²) in [6.45, 7) is 3.39. The highest BCUT2D eigenvalue weighted by molar-refractivity contribution is 5.97. The summed E-state index contributed by atoms with van der Waals surface area (Å²) in [7, 11) is 0. The number of carbonyl (C=O) groups is 2. The lowest BCUT2D eigenvalue weighted by molar-refractivity contribution is -0.134. The summed E-state index contributed by atoms with van der Waals surface area (Å²) in [5.41, 5.74) is 8.86. The zero-order valence-electron chi connectivity index (χ0n) is 17.3. The summed E-state index contributed by atoms with van der Waals surface area (Å²) >= 11 is 0. The summed E-state index contributed by atoms with van der Waals surface area (Å²) < 4.78 is 0. The van der Waals surface area contributed by atoms with Crippen molar-refractivity contribution < 1.29 is 9.59 Å². The minimum absolute atomic E-state index is 0.109. The number of benzene rings is 2. The number of likely N-dealkylation sites (tertiary alicyclic amines) is 1. The Balaban J connectivity index is 1.53. The average molecular weight is 402 g/mol. The van der Waals surface area contributed by atoms with Crippen molar-refractivity contribution in [1.29, 1.82) is 0 Å². The first-order chi connectivity index (χ1) is 14.6. The van der Waals surface area contributed by atoms with Crippen LogP contribution in [-0.2, 0) is 4.79 Å². The number of primary amides is 1. The summed E-state index contributed by atoms with van der Waals surface area (Å²) in [5.74, 6) is -0.249. The van der Waals surface area contributed by atoms with Crippen LogP contribution < -0.4 is 5.73 Å². The summed E-state index contributed by atoms with van der Waals surface area (Å²) in [5, 5.41) is 0.913. The topological polar surface area (TPSA) is 76.3 Å². The minimum atomic E-state index is -0.447. The van der Waals surface area contributed by atoms with Gasteiger partial charge in [0.1, 0.15) is 0 Å². The van der Waals surface area contributed by atoms with Gasteiger partial charge in [-0.15, -0.1) is 0 Å². The van der Waals surface area contributed by atoms with E-state index < -0.39 is 5.91 Å². The van der Waals surface area contributed by atoms with Crippen LogP contribution in [0.2, 0.25) is 0 Å². The van der Waals surface area contributed by atoms with Crippen molar-refractivity contribution in [1.82, 2.24) is 9.88 Å². The first-order valence-electron chi connectivity index (χ1n) is 10.6. The SMILES string of the molecule is CCC(C(=O)N1CCC(c2nc3ccccc3cc2C(N)=O)CC1)c1ccccc1. The lowest BCUT2D eigenvalue weighted by atomic mass is 9.88. The fraction of sp³-hybridized carbons (Fsp3) is 0.320. The number of aromatic nitrogens is 1. The molecule has 2 heterocycles. The standard InChI is InChI=1S/C25H27N3O2/c1-2-20(17-8-4-3-5-9-17)25(30)28-14-12-18(13-15-28)23-21(24(26)29)16-19-10-6-7-11-22(19)27-23/h3-11,16,18,20H,2,12-15H2,1H3,(H2,26,29). The van der Waals surface area contributed by atoms with Crippen LogP contribution >= 0.6 is 0 Å². The number of carbonyl (C=O) groups excluding carboxylic acids is 2. The van der Waals surface area contributed by atoms with Crippen LogP contribution in [0.5, 0.6) is 0 Å². The zero-order valence-corrected chi connectivity index (χ0v) is 17.3. The van der Waals surface area contributed by atoms with Crippen molar-refractivity contribution in [2.24, 2.45) is 5.73 Å². The summed E-state index contributed by atoms with van der Waals surface area (Å²) in [4.78, 5) is 32.0. The molecule has 5 nitrogen and oxygen atoms in total. The molecule has 2 aromatic carbocycles. The van der Waals surface area contributed by atoms with Crippen molar-refractivity contribution in [3.05, 3.63) is 77.5 Å². The molecule has 0 saturated carbocycles. The Labute approximate surface area is 176 Å². The van der Waals surface area contributed by atoms with Crippen molar-refractivity contribution in [2.45, 2.75) is 38.0 Å². The van der Waals surface area contributed by atoms with E-state index in [0.717, 1.165) is 41.4 Å². The molecule has 1 aromatic heterocycles. The highest BCUT2D eigenvalue weighted by Crippen LogP contribution is 2.32. The molecule has 0 aliphatic carbocycles. The van der Waals surface area contributed by atoms with Gasteiger partial charge in [-0.3, -0.25) is 14.6 Å². The minimum Gasteiger partial charge on any atom is -0.366 e. The third-order valence-corrected chi connectivity index (χ3v) is 6.12. The number of fused-ring (bicyclic) bond motifs is 1. The van der Waals surface area contributed by atoms with Gasteiger partial charge in [0.15, 0.2) is 0 Å². The lowest BCUT2D eigenvalue weighted by Crippen LogP contribution is -2.41. The van der Waals surface area contributed by atoms with Crippen molar-refractivity contribution in [3.8, 4) is 0 Å². The van der Waals surface area contributed by atoms with Gasteiger partial charge in [-0.1, -0.05) is 55.5 Å². The van der Waals surface area contributed by atoms with E-state index in [0.29, 0.717) is 18.7 Å². The molecule has 2 N–H and O–H groups in total. The van der Waals surface area contributed by atoms with Crippen molar-refractivity contribution in [2.75, 3.05) is 13.1 Å². The number of piperidine rings is 1. The molecule has 5 heteroatoms. The number of amides is 2. The summed E-state index contributed by atoms with van der Waals surface area (Å²) in [6.07, 6.45) is 2.34. The Morgan fingerprint density at radius 2 is 1.73 bits per heavy atom. The van der Waals surface area contributed by atoms with Gasteiger partial charge in [0.05, 0.1) is 22.7 Å². The maximum absolute atomic E-state index is 13.2.